The molecule has 7 nitrogen and oxygen atoms in total. The molecule has 0 saturated carbocycles. The van der Waals surface area contributed by atoms with Crippen molar-refractivity contribution in [2.45, 2.75) is 39.5 Å². The molecule has 2 aliphatic heterocycles. The van der Waals surface area contributed by atoms with E-state index in [0.717, 1.165) is 51.9 Å². The molecule has 1 atom stereocenters. The fourth-order valence-electron chi connectivity index (χ4n) is 4.91. The first kappa shape index (κ1) is 27.0. The van der Waals surface area contributed by atoms with Crippen molar-refractivity contribution in [2.24, 2.45) is 0 Å². The van der Waals surface area contributed by atoms with E-state index in [-0.39, 0.29) is 11.6 Å². The molecule has 2 aromatic heterocycles. The van der Waals surface area contributed by atoms with Crippen molar-refractivity contribution in [3.8, 4) is 11.3 Å². The van der Waals surface area contributed by atoms with Crippen LogP contribution in [0.1, 0.15) is 24.2 Å². The lowest BCUT2D eigenvalue weighted by atomic mass is 10.1. The minimum atomic E-state index is -0.0918. The zero-order chi connectivity index (χ0) is 27.5. The molecular weight excluding hydrogens is 541 g/mol. The van der Waals surface area contributed by atoms with E-state index in [1.807, 2.05) is 20.0 Å². The normalized spacial score (nSPS) is 15.3. The number of H-pyrrole nitrogens is 1. The molecule has 6 rings (SSSR count). The van der Waals surface area contributed by atoms with E-state index in [9.17, 15) is 4.79 Å². The SMILES string of the molecule is CCOCC(Nc1ccc2c(c1)Sc1cccc(-c3cc(N4CCOCC4)cc(=O)[nH]3)c1S2)c1ccc(C)cn1. The Bertz CT molecular complexity index is 1550. The standard InChI is InChI=1S/C31H32N4O3S2/c1-3-37-19-26(24-9-7-20(2)18-32-24)33-21-8-10-27-29(15-21)39-28-6-4-5-23(31(28)40-27)25-16-22(17-30(36)34-25)35-11-13-38-14-12-35/h4-10,15-18,26,33H,3,11-14,19H2,1-2H3,(H,34,36). The molecule has 206 valence electrons. The van der Waals surface area contributed by atoms with Crippen molar-refractivity contribution in [1.82, 2.24) is 9.97 Å². The highest BCUT2D eigenvalue weighted by Gasteiger charge is 2.23. The van der Waals surface area contributed by atoms with Gasteiger partial charge < -0.3 is 24.7 Å². The first-order chi connectivity index (χ1) is 19.6. The second-order valence-electron chi connectivity index (χ2n) is 9.83. The van der Waals surface area contributed by atoms with E-state index in [1.165, 1.54) is 14.7 Å². The Morgan fingerprint density at radius 3 is 2.73 bits per heavy atom. The summed E-state index contributed by atoms with van der Waals surface area (Å²) >= 11 is 3.51. The number of morpholine rings is 1. The van der Waals surface area contributed by atoms with Gasteiger partial charge in [0.05, 0.1) is 37.3 Å². The molecule has 0 spiro atoms. The van der Waals surface area contributed by atoms with Crippen LogP contribution in [-0.2, 0) is 9.47 Å². The van der Waals surface area contributed by atoms with E-state index in [2.05, 4.69) is 74.8 Å². The zero-order valence-corrected chi connectivity index (χ0v) is 24.2. The number of nitrogens with zero attached hydrogens (tertiary/aromatic N) is 2. The van der Waals surface area contributed by atoms with Gasteiger partial charge in [0.15, 0.2) is 0 Å². The van der Waals surface area contributed by atoms with Gasteiger partial charge in [-0.1, -0.05) is 41.7 Å². The maximum atomic E-state index is 12.7. The third-order valence-corrected chi connectivity index (χ3v) is 9.57. The van der Waals surface area contributed by atoms with Gasteiger partial charge in [0.25, 0.3) is 0 Å². The zero-order valence-electron chi connectivity index (χ0n) is 22.6. The fraction of sp³-hybridized carbons (Fsp3) is 0.290. The molecule has 0 aliphatic carbocycles. The van der Waals surface area contributed by atoms with Crippen LogP contribution in [0.4, 0.5) is 11.4 Å². The maximum absolute atomic E-state index is 12.7. The summed E-state index contributed by atoms with van der Waals surface area (Å²) in [5.41, 5.74) is 5.85. The van der Waals surface area contributed by atoms with Gasteiger partial charge in [-0.25, -0.2) is 0 Å². The van der Waals surface area contributed by atoms with Crippen molar-refractivity contribution in [3.05, 3.63) is 88.5 Å². The molecule has 1 unspecified atom stereocenters. The lowest BCUT2D eigenvalue weighted by Gasteiger charge is -2.29. The number of aromatic amines is 1. The first-order valence-electron chi connectivity index (χ1n) is 13.5. The third kappa shape index (κ3) is 5.93. The molecular formula is C31H32N4O3S2. The van der Waals surface area contributed by atoms with Crippen LogP contribution in [0.15, 0.2) is 91.2 Å². The Kier molecular flexibility index (Phi) is 8.15. The summed E-state index contributed by atoms with van der Waals surface area (Å²) in [4.78, 5) is 27.3. The molecule has 2 aliphatic rings. The summed E-state index contributed by atoms with van der Waals surface area (Å²) < 4.78 is 11.3. The number of anilines is 2. The molecule has 0 radical (unpaired) electrons. The minimum Gasteiger partial charge on any atom is -0.379 e. The molecule has 1 saturated heterocycles. The summed E-state index contributed by atoms with van der Waals surface area (Å²) in [6.07, 6.45) is 1.90. The number of rotatable bonds is 8. The molecule has 9 heteroatoms. The van der Waals surface area contributed by atoms with Gasteiger partial charge in [-0.2, -0.15) is 0 Å². The maximum Gasteiger partial charge on any atom is 0.250 e. The third-order valence-electron chi connectivity index (χ3n) is 6.97. The average molecular weight is 573 g/mol. The molecule has 4 aromatic rings. The molecule has 4 heterocycles. The lowest BCUT2D eigenvalue weighted by Crippen LogP contribution is -2.36. The van der Waals surface area contributed by atoms with Gasteiger partial charge in [0.2, 0.25) is 5.56 Å². The fourth-order valence-corrected chi connectivity index (χ4v) is 7.32. The predicted molar refractivity (Wildman–Crippen MR) is 162 cm³/mol. The Morgan fingerprint density at radius 2 is 1.93 bits per heavy atom. The highest BCUT2D eigenvalue weighted by Crippen LogP contribution is 2.52. The summed E-state index contributed by atoms with van der Waals surface area (Å²) in [7, 11) is 0. The Hall–Kier alpha value is -3.24. The van der Waals surface area contributed by atoms with Crippen LogP contribution >= 0.6 is 23.5 Å². The number of aromatic nitrogens is 2. The molecule has 1 fully saturated rings. The van der Waals surface area contributed by atoms with Crippen LogP contribution in [0.25, 0.3) is 11.3 Å². The van der Waals surface area contributed by atoms with Gasteiger partial charge in [0.1, 0.15) is 0 Å². The van der Waals surface area contributed by atoms with E-state index in [1.54, 1.807) is 29.6 Å². The van der Waals surface area contributed by atoms with Gasteiger partial charge in [-0.05, 0) is 55.8 Å². The molecule has 0 bridgehead atoms. The summed E-state index contributed by atoms with van der Waals surface area (Å²) in [6, 6.07) is 20.7. The smallest absolute Gasteiger partial charge is 0.250 e. The summed E-state index contributed by atoms with van der Waals surface area (Å²) in [6.45, 7) is 8.17. The second-order valence-corrected chi connectivity index (χ2v) is 12.0. The average Bonchev–Trinajstić information content (AvgIpc) is 2.98. The first-order valence-corrected chi connectivity index (χ1v) is 15.2. The van der Waals surface area contributed by atoms with Crippen LogP contribution in [-0.4, -0.2) is 49.5 Å². The minimum absolute atomic E-state index is 0.0469. The number of ether oxygens (including phenoxy) is 2. The van der Waals surface area contributed by atoms with Crippen molar-refractivity contribution < 1.29 is 9.47 Å². The van der Waals surface area contributed by atoms with E-state index >= 15 is 0 Å². The number of hydrogen-bond donors (Lipinski definition) is 2. The van der Waals surface area contributed by atoms with Crippen LogP contribution in [0.3, 0.4) is 0 Å². The van der Waals surface area contributed by atoms with Gasteiger partial charge in [0, 0.05) is 68.5 Å². The van der Waals surface area contributed by atoms with Crippen molar-refractivity contribution in [2.75, 3.05) is 49.7 Å². The Labute approximate surface area is 242 Å². The second kappa shape index (κ2) is 12.1. The van der Waals surface area contributed by atoms with Crippen LogP contribution < -0.4 is 15.8 Å². The topological polar surface area (TPSA) is 79.5 Å². The van der Waals surface area contributed by atoms with Gasteiger partial charge in [-0.15, -0.1) is 0 Å². The summed E-state index contributed by atoms with van der Waals surface area (Å²) in [5, 5.41) is 3.64. The quantitative estimate of drug-likeness (QED) is 0.222. The number of nitrogens with one attached hydrogen (secondary N) is 2. The Balaban J connectivity index is 1.26. The Morgan fingerprint density at radius 1 is 1.05 bits per heavy atom. The molecule has 2 aromatic carbocycles. The van der Waals surface area contributed by atoms with Gasteiger partial charge in [-0.3, -0.25) is 9.78 Å². The van der Waals surface area contributed by atoms with E-state index in [4.69, 9.17) is 9.47 Å². The number of pyridine rings is 2. The number of hydrogen-bond acceptors (Lipinski definition) is 8. The van der Waals surface area contributed by atoms with Gasteiger partial charge >= 0.3 is 0 Å². The molecule has 40 heavy (non-hydrogen) atoms. The number of aryl methyl sites for hydroxylation is 1. The predicted octanol–water partition coefficient (Wildman–Crippen LogP) is 6.39. The molecule has 2 N–H and O–H groups in total. The summed E-state index contributed by atoms with van der Waals surface area (Å²) in [5.74, 6) is 0. The largest absolute Gasteiger partial charge is 0.379 e. The van der Waals surface area contributed by atoms with Crippen molar-refractivity contribution in [1.29, 1.82) is 0 Å². The van der Waals surface area contributed by atoms with E-state index < -0.39 is 0 Å². The van der Waals surface area contributed by atoms with Crippen LogP contribution in [0, 0.1) is 6.92 Å². The van der Waals surface area contributed by atoms with Crippen molar-refractivity contribution >= 4 is 34.9 Å². The molecule has 0 amide bonds. The van der Waals surface area contributed by atoms with Crippen molar-refractivity contribution in [3.63, 3.8) is 0 Å². The highest BCUT2D eigenvalue weighted by molar-refractivity contribution is 8.05. The van der Waals surface area contributed by atoms with Crippen LogP contribution in [0.2, 0.25) is 0 Å². The lowest BCUT2D eigenvalue weighted by molar-refractivity contribution is 0.122. The number of fused-ring (bicyclic) bond motifs is 2. The highest BCUT2D eigenvalue weighted by atomic mass is 32.2. The number of benzene rings is 2. The van der Waals surface area contributed by atoms with E-state index in [0.29, 0.717) is 26.4 Å². The monoisotopic (exact) mass is 572 g/mol. The van der Waals surface area contributed by atoms with Crippen LogP contribution in [0.5, 0.6) is 0 Å².